The molecule has 0 N–H and O–H groups in total. The number of carbonyl (C=O) groups excluding carboxylic acids is 1. The third kappa shape index (κ3) is 2.82. The van der Waals surface area contributed by atoms with Crippen molar-refractivity contribution in [1.29, 1.82) is 0 Å². The molecular formula is C15H12BrClO. The molecule has 0 heterocycles. The summed E-state index contributed by atoms with van der Waals surface area (Å²) in [6.07, 6.45) is 0. The van der Waals surface area contributed by atoms with E-state index in [1.165, 1.54) is 0 Å². The zero-order chi connectivity index (χ0) is 13.1. The number of Topliss-reactive ketones (excluding diaryl/α,β-unsaturated/α-hetero) is 1. The van der Waals surface area contributed by atoms with Crippen LogP contribution < -0.4 is 0 Å². The smallest absolute Gasteiger partial charge is 0.159 e. The standard InChI is InChI=1S/C15H12BrClO/c1-10(18)12-4-7-15(13(8-12)9-16)11-2-5-14(17)6-3-11/h2-8H,9H2,1H3. The Bertz CT molecular complexity index is 576. The van der Waals surface area contributed by atoms with Crippen LogP contribution in [0.1, 0.15) is 22.8 Å². The van der Waals surface area contributed by atoms with Crippen LogP contribution in [-0.2, 0) is 5.33 Å². The minimum absolute atomic E-state index is 0.0832. The quantitative estimate of drug-likeness (QED) is 0.567. The molecule has 3 heteroatoms. The normalized spacial score (nSPS) is 10.4. The highest BCUT2D eigenvalue weighted by Crippen LogP contribution is 2.27. The van der Waals surface area contributed by atoms with Crippen LogP contribution in [0.3, 0.4) is 0 Å². The third-order valence-electron chi connectivity index (χ3n) is 2.81. The number of rotatable bonds is 3. The van der Waals surface area contributed by atoms with Gasteiger partial charge in [0.2, 0.25) is 0 Å². The number of hydrogen-bond donors (Lipinski definition) is 0. The maximum Gasteiger partial charge on any atom is 0.159 e. The SMILES string of the molecule is CC(=O)c1ccc(-c2ccc(Cl)cc2)c(CBr)c1. The van der Waals surface area contributed by atoms with Gasteiger partial charge in [0, 0.05) is 15.9 Å². The van der Waals surface area contributed by atoms with E-state index in [0.29, 0.717) is 5.33 Å². The summed E-state index contributed by atoms with van der Waals surface area (Å²) in [6.45, 7) is 1.58. The zero-order valence-corrected chi connectivity index (χ0v) is 12.3. The molecule has 2 aromatic rings. The van der Waals surface area contributed by atoms with Crippen LogP contribution in [0.2, 0.25) is 5.02 Å². The van der Waals surface area contributed by atoms with Crippen molar-refractivity contribution in [3.8, 4) is 11.1 Å². The van der Waals surface area contributed by atoms with E-state index in [4.69, 9.17) is 11.6 Å². The fraction of sp³-hybridized carbons (Fsp3) is 0.133. The molecule has 0 saturated heterocycles. The summed E-state index contributed by atoms with van der Waals surface area (Å²) < 4.78 is 0. The summed E-state index contributed by atoms with van der Waals surface area (Å²) in [5.41, 5.74) is 4.06. The zero-order valence-electron chi connectivity index (χ0n) is 9.91. The highest BCUT2D eigenvalue weighted by Gasteiger charge is 2.07. The van der Waals surface area contributed by atoms with Gasteiger partial charge in [-0.2, -0.15) is 0 Å². The van der Waals surface area contributed by atoms with Crippen LogP contribution in [0.4, 0.5) is 0 Å². The fourth-order valence-electron chi connectivity index (χ4n) is 1.83. The molecule has 0 unspecified atom stereocenters. The van der Waals surface area contributed by atoms with E-state index in [0.717, 1.165) is 27.3 Å². The van der Waals surface area contributed by atoms with Gasteiger partial charge in [-0.15, -0.1) is 0 Å². The van der Waals surface area contributed by atoms with Crippen molar-refractivity contribution in [2.45, 2.75) is 12.3 Å². The molecule has 0 radical (unpaired) electrons. The molecule has 2 aromatic carbocycles. The maximum atomic E-state index is 11.4. The lowest BCUT2D eigenvalue weighted by Gasteiger charge is -2.09. The molecular weight excluding hydrogens is 312 g/mol. The van der Waals surface area contributed by atoms with Crippen molar-refractivity contribution < 1.29 is 4.79 Å². The van der Waals surface area contributed by atoms with E-state index in [1.807, 2.05) is 42.5 Å². The lowest BCUT2D eigenvalue weighted by molar-refractivity contribution is 0.101. The number of benzene rings is 2. The molecule has 92 valence electrons. The molecule has 0 aromatic heterocycles. The Kier molecular flexibility index (Phi) is 4.20. The van der Waals surface area contributed by atoms with Gasteiger partial charge in [-0.3, -0.25) is 4.79 Å². The molecule has 0 saturated carbocycles. The highest BCUT2D eigenvalue weighted by molar-refractivity contribution is 9.08. The molecule has 0 spiro atoms. The second kappa shape index (κ2) is 5.68. The number of hydrogen-bond acceptors (Lipinski definition) is 1. The number of carbonyl (C=O) groups is 1. The maximum absolute atomic E-state index is 11.4. The van der Waals surface area contributed by atoms with Crippen molar-refractivity contribution in [3.05, 3.63) is 58.6 Å². The summed E-state index contributed by atoms with van der Waals surface area (Å²) in [6, 6.07) is 13.5. The van der Waals surface area contributed by atoms with Crippen molar-refractivity contribution in [2.75, 3.05) is 0 Å². The topological polar surface area (TPSA) is 17.1 Å². The van der Waals surface area contributed by atoms with Crippen LogP contribution >= 0.6 is 27.5 Å². The largest absolute Gasteiger partial charge is 0.295 e. The van der Waals surface area contributed by atoms with Crippen molar-refractivity contribution >= 4 is 33.3 Å². The fourth-order valence-corrected chi connectivity index (χ4v) is 2.42. The van der Waals surface area contributed by atoms with E-state index in [2.05, 4.69) is 15.9 Å². The molecule has 2 rings (SSSR count). The first kappa shape index (κ1) is 13.3. The van der Waals surface area contributed by atoms with E-state index >= 15 is 0 Å². The second-order valence-corrected chi connectivity index (χ2v) is 5.07. The van der Waals surface area contributed by atoms with E-state index < -0.39 is 0 Å². The predicted octanol–water partition coefficient (Wildman–Crippen LogP) is 5.10. The van der Waals surface area contributed by atoms with Gasteiger partial charge in [-0.05, 0) is 41.8 Å². The van der Waals surface area contributed by atoms with Crippen molar-refractivity contribution in [3.63, 3.8) is 0 Å². The first-order valence-electron chi connectivity index (χ1n) is 5.57. The van der Waals surface area contributed by atoms with Gasteiger partial charge in [0.15, 0.2) is 5.78 Å². The van der Waals surface area contributed by atoms with E-state index in [1.54, 1.807) is 6.92 Å². The van der Waals surface area contributed by atoms with Crippen LogP contribution in [0.25, 0.3) is 11.1 Å². The molecule has 0 bridgehead atoms. The number of alkyl halides is 1. The molecule has 0 amide bonds. The monoisotopic (exact) mass is 322 g/mol. The minimum Gasteiger partial charge on any atom is -0.295 e. The first-order chi connectivity index (χ1) is 8.61. The van der Waals surface area contributed by atoms with Crippen LogP contribution in [0.5, 0.6) is 0 Å². The molecule has 0 aliphatic carbocycles. The van der Waals surface area contributed by atoms with Gasteiger partial charge < -0.3 is 0 Å². The van der Waals surface area contributed by atoms with E-state index in [-0.39, 0.29) is 5.78 Å². The summed E-state index contributed by atoms with van der Waals surface area (Å²) in [5.74, 6) is 0.0832. The predicted molar refractivity (Wildman–Crippen MR) is 79.5 cm³/mol. The summed E-state index contributed by atoms with van der Waals surface area (Å²) in [5, 5.41) is 1.44. The van der Waals surface area contributed by atoms with Crippen LogP contribution in [0, 0.1) is 0 Å². The van der Waals surface area contributed by atoms with Crippen molar-refractivity contribution in [2.24, 2.45) is 0 Å². The minimum atomic E-state index is 0.0832. The van der Waals surface area contributed by atoms with E-state index in [9.17, 15) is 4.79 Å². The van der Waals surface area contributed by atoms with Crippen LogP contribution in [0.15, 0.2) is 42.5 Å². The Hall–Kier alpha value is -1.12. The molecule has 0 aliphatic rings. The Morgan fingerprint density at radius 1 is 1.17 bits per heavy atom. The van der Waals surface area contributed by atoms with Crippen LogP contribution in [-0.4, -0.2) is 5.78 Å². The molecule has 1 nitrogen and oxygen atoms in total. The number of halogens is 2. The van der Waals surface area contributed by atoms with Gasteiger partial charge in [0.1, 0.15) is 0 Å². The van der Waals surface area contributed by atoms with Gasteiger partial charge in [-0.25, -0.2) is 0 Å². The Balaban J connectivity index is 2.50. The first-order valence-corrected chi connectivity index (χ1v) is 7.07. The summed E-state index contributed by atoms with van der Waals surface area (Å²) >= 11 is 9.35. The van der Waals surface area contributed by atoms with Gasteiger partial charge in [0.25, 0.3) is 0 Å². The van der Waals surface area contributed by atoms with Gasteiger partial charge >= 0.3 is 0 Å². The number of ketones is 1. The summed E-state index contributed by atoms with van der Waals surface area (Å²) in [4.78, 5) is 11.4. The van der Waals surface area contributed by atoms with Crippen molar-refractivity contribution in [1.82, 2.24) is 0 Å². The highest BCUT2D eigenvalue weighted by atomic mass is 79.9. The lowest BCUT2D eigenvalue weighted by Crippen LogP contribution is -1.95. The Labute approximate surface area is 120 Å². The molecule has 0 atom stereocenters. The summed E-state index contributed by atoms with van der Waals surface area (Å²) in [7, 11) is 0. The molecule has 0 aliphatic heterocycles. The molecule has 0 fully saturated rings. The van der Waals surface area contributed by atoms with Gasteiger partial charge in [0.05, 0.1) is 0 Å². The lowest BCUT2D eigenvalue weighted by atomic mass is 9.97. The third-order valence-corrected chi connectivity index (χ3v) is 3.67. The Morgan fingerprint density at radius 3 is 2.39 bits per heavy atom. The second-order valence-electron chi connectivity index (χ2n) is 4.07. The average Bonchev–Trinajstić information content (AvgIpc) is 2.39. The molecule has 18 heavy (non-hydrogen) atoms. The Morgan fingerprint density at radius 2 is 1.83 bits per heavy atom. The average molecular weight is 324 g/mol. The van der Waals surface area contributed by atoms with Gasteiger partial charge in [-0.1, -0.05) is 51.8 Å².